The van der Waals surface area contributed by atoms with Gasteiger partial charge in [-0.1, -0.05) is 108 Å². The Morgan fingerprint density at radius 2 is 0.896 bits per heavy atom. The first-order chi connectivity index (χ1) is 33.5. The van der Waals surface area contributed by atoms with Crippen LogP contribution in [0.25, 0.3) is 0 Å². The summed E-state index contributed by atoms with van der Waals surface area (Å²) in [5.74, 6) is 2.44. The molecule has 0 atom stereocenters. The van der Waals surface area contributed by atoms with Gasteiger partial charge in [-0.2, -0.15) is 0 Å². The molecule has 8 nitrogen and oxygen atoms in total. The Labute approximate surface area is 532 Å². The number of thioether (sulfide) groups is 2. The van der Waals surface area contributed by atoms with E-state index in [-0.39, 0.29) is 84.5 Å². The Hall–Kier alpha value is 0.242. The van der Waals surface area contributed by atoms with Crippen molar-refractivity contribution in [1.29, 1.82) is 0 Å². The van der Waals surface area contributed by atoms with Gasteiger partial charge in [0.05, 0.1) is 15.1 Å². The molecule has 4 aromatic rings. The van der Waals surface area contributed by atoms with Crippen LogP contribution in [0.1, 0.15) is 203 Å². The topological polar surface area (TPSA) is 185 Å². The summed E-state index contributed by atoms with van der Waals surface area (Å²) in [4.78, 5) is 35.1. The van der Waals surface area contributed by atoms with E-state index in [1.54, 1.807) is 19.9 Å². The molecule has 0 bridgehead atoms. The van der Waals surface area contributed by atoms with Gasteiger partial charge in [-0.25, -0.2) is 30.1 Å². The molecule has 0 aromatic heterocycles. The second-order valence-electron chi connectivity index (χ2n) is 21.8. The molecule has 20 heteroatoms. The van der Waals surface area contributed by atoms with Gasteiger partial charge < -0.3 is 26.6 Å². The maximum atomic E-state index is 11.6. The van der Waals surface area contributed by atoms with Crippen molar-refractivity contribution >= 4 is 140 Å². The van der Waals surface area contributed by atoms with E-state index in [1.165, 1.54) is 79.8 Å². The summed E-state index contributed by atoms with van der Waals surface area (Å²) >= 11 is 32.3. The molecule has 2 aliphatic heterocycles. The van der Waals surface area contributed by atoms with E-state index in [0.29, 0.717) is 31.8 Å². The minimum absolute atomic E-state index is 0. The van der Waals surface area contributed by atoms with Crippen molar-refractivity contribution in [3.63, 3.8) is 0 Å². The third-order valence-electron chi connectivity index (χ3n) is 14.1. The molecule has 0 unspecified atom stereocenters. The second kappa shape index (κ2) is 33.7. The maximum absolute atomic E-state index is 11.6. The number of aliphatic hydroxyl groups excluding tert-OH is 1. The average molecular weight is 1290 g/mol. The van der Waals surface area contributed by atoms with E-state index in [0.717, 1.165) is 60.4 Å². The van der Waals surface area contributed by atoms with E-state index < -0.39 is 17.7 Å². The van der Waals surface area contributed by atoms with Crippen LogP contribution in [0.3, 0.4) is 0 Å². The van der Waals surface area contributed by atoms with Crippen molar-refractivity contribution in [2.75, 3.05) is 11.5 Å². The van der Waals surface area contributed by atoms with E-state index in [4.69, 9.17) is 76.6 Å². The summed E-state index contributed by atoms with van der Waals surface area (Å²) in [6.45, 7) is 30.6. The van der Waals surface area contributed by atoms with Crippen molar-refractivity contribution in [3.8, 4) is 0 Å². The predicted octanol–water partition coefficient (Wildman–Crippen LogP) is 14.4. The van der Waals surface area contributed by atoms with Gasteiger partial charge >= 0.3 is 40.9 Å². The van der Waals surface area contributed by atoms with Crippen LogP contribution < -0.4 is 29.6 Å². The summed E-state index contributed by atoms with van der Waals surface area (Å²) in [7, 11) is 14.8. The van der Waals surface area contributed by atoms with E-state index in [2.05, 4.69) is 93.8 Å². The number of aliphatic hydroxyl groups is 2. The molecule has 2 aliphatic carbocycles. The van der Waals surface area contributed by atoms with Gasteiger partial charge in [-0.15, -0.1) is 23.5 Å². The summed E-state index contributed by atoms with van der Waals surface area (Å²) in [6.07, 6.45) is 7.54. The molecule has 4 aromatic carbocycles. The molecule has 0 saturated carbocycles. The van der Waals surface area contributed by atoms with E-state index in [9.17, 15) is 24.6 Å². The number of fused-ring (bicyclic) bond motifs is 4. The zero-order valence-electron chi connectivity index (χ0n) is 47.5. The van der Waals surface area contributed by atoms with Crippen LogP contribution in [0, 0.1) is 27.7 Å². The standard InChI is InChI=1S/C15H19ClO.C14H19ClO2.C14H17ClOS.C12H15ClS.C2H3ClO.Al.3ClH.Na.3H2O/c1-9-8-12(10(2)17)14(16)13-11(9)6-5-7-15(13,3)4;1-8-7-10(13(16)17)12(15)11-9(8)5-4-6-14(11,2)3;1-8-7-10(9(2)16)12(15)11-13(8)17-6-5-14(11,3)4;1-8-4-5-9(13)10-11(8)14-7-6-12(10,2)3;1-2(3)4;;;;;;;;/h8H,5-7H2,1-4H3;7,13,16-17H,4-6H2,1-3H3;7H,5-6H2,1-4H3;4-5H,6-7H2,1-3H3;1H3;;3*1H;;3*1H2/q;;;;;+3;;;;+1;;;/p-4. The van der Waals surface area contributed by atoms with Gasteiger partial charge in [0, 0.05) is 38.4 Å². The van der Waals surface area contributed by atoms with Crippen molar-refractivity contribution in [3.05, 3.63) is 123 Å². The Bertz CT molecular complexity index is 2580. The number of hydrogen-bond donors (Lipinski definition) is 2. The number of Topliss-reactive ketones (excluding diaryl/α,β-unsaturated/α-hetero) is 2. The number of hydrogen-bond acceptors (Lipinski definition) is 8. The van der Waals surface area contributed by atoms with Crippen molar-refractivity contribution in [2.45, 2.75) is 193 Å². The van der Waals surface area contributed by atoms with Crippen molar-refractivity contribution < 1.29 is 70.6 Å². The fraction of sp³-hybridized carbons (Fsp3) is 0.526. The van der Waals surface area contributed by atoms with E-state index >= 15 is 0 Å². The molecule has 4 aliphatic rings. The second-order valence-corrected chi connectivity index (χ2v) is 32.5. The fourth-order valence-electron chi connectivity index (χ4n) is 10.2. The zero-order chi connectivity index (χ0) is 55.9. The Morgan fingerprint density at radius 3 is 1.29 bits per heavy atom. The quantitative estimate of drug-likeness (QED) is 0.0878. The van der Waals surface area contributed by atoms with Gasteiger partial charge in [0.1, 0.15) is 0 Å². The molecule has 0 fully saturated rings. The largest absolute Gasteiger partial charge is 1.00 e. The first kappa shape index (κ1) is 79.3. The monoisotopic (exact) mass is 1280 g/mol. The van der Waals surface area contributed by atoms with Crippen LogP contribution in [0.5, 0.6) is 0 Å². The Kier molecular flexibility index (Phi) is 34.7. The SMILES string of the molecule is CC(=O)Cl.CC(=O)c1cc(C)c2c(c1Cl)C(C)(C)CCC2.CC(=O)c1cc(C)c2c(c1Cl)C(C)(C)CCS2.Cc1cc(C(O)O)c(Cl)c2c1CCCC2(C)C.Cc1ccc(Cl)c2c1SCCC2(C)C.O.O.[Cl][Al]([Cl])[Cl].[Na+].[OH-]. The molecule has 426 valence electrons. The summed E-state index contributed by atoms with van der Waals surface area (Å²) < 4.78 is 0. The molecule has 7 N–H and O–H groups in total. The van der Waals surface area contributed by atoms with Crippen LogP contribution in [-0.4, -0.2) is 66.3 Å². The predicted molar refractivity (Wildman–Crippen MR) is 330 cm³/mol. The molecule has 0 spiro atoms. The summed E-state index contributed by atoms with van der Waals surface area (Å²) in [5.41, 5.74) is 14.5. The van der Waals surface area contributed by atoms with Gasteiger partial charge in [-0.3, -0.25) is 14.4 Å². The molecular weight excluding hydrogens is 1210 g/mol. The van der Waals surface area contributed by atoms with Crippen molar-refractivity contribution in [2.24, 2.45) is 0 Å². The van der Waals surface area contributed by atoms with Gasteiger partial charge in [-0.05, 0) is 218 Å². The minimum Gasteiger partial charge on any atom is -0.870 e. The zero-order valence-corrected chi connectivity index (χ0v) is 58.4. The molecule has 77 heavy (non-hydrogen) atoms. The Morgan fingerprint density at radius 1 is 0.558 bits per heavy atom. The average Bonchev–Trinajstić information content (AvgIpc) is 3.24. The number of aryl methyl sites for hydroxylation is 4. The minimum atomic E-state index is -1.72. The van der Waals surface area contributed by atoms with Crippen LogP contribution >= 0.6 is 112 Å². The summed E-state index contributed by atoms with van der Waals surface area (Å²) in [6, 6.07) is 9.83. The summed E-state index contributed by atoms with van der Waals surface area (Å²) in [5, 5.41) is 21.2. The third-order valence-corrected chi connectivity index (χ3v) is 18.0. The van der Waals surface area contributed by atoms with Gasteiger partial charge in [0.15, 0.2) is 17.9 Å². The van der Waals surface area contributed by atoms with Crippen LogP contribution in [0.4, 0.5) is 0 Å². The first-order valence-corrected chi connectivity index (χ1v) is 33.6. The number of carbonyl (C=O) groups is 3. The van der Waals surface area contributed by atoms with Crippen LogP contribution in [0.2, 0.25) is 20.1 Å². The number of halogens is 8. The van der Waals surface area contributed by atoms with Crippen LogP contribution in [-0.2, 0) is 39.3 Å². The molecule has 8 rings (SSSR count). The van der Waals surface area contributed by atoms with Gasteiger partial charge in [0.25, 0.3) is 0 Å². The number of rotatable bonds is 3. The molecular formula is C57H78AlCl8NaO8S2. The number of carbonyl (C=O) groups excluding carboxylic acids is 3. The van der Waals surface area contributed by atoms with Crippen molar-refractivity contribution in [1.82, 2.24) is 0 Å². The molecule has 0 saturated heterocycles. The molecule has 0 amide bonds. The third kappa shape index (κ3) is 21.1. The number of ketones is 2. The van der Waals surface area contributed by atoms with E-state index in [1.807, 2.05) is 48.6 Å². The molecule has 0 radical (unpaired) electrons. The fourth-order valence-corrected chi connectivity index (χ4v) is 15.6. The Balaban J connectivity index is 0. The van der Waals surface area contributed by atoms with Gasteiger partial charge in [0.2, 0.25) is 5.24 Å². The smallest absolute Gasteiger partial charge is 0.870 e. The molecule has 2 heterocycles. The first-order valence-electron chi connectivity index (χ1n) is 24.5. The maximum Gasteiger partial charge on any atom is 1.00 e. The normalized spacial score (nSPS) is 16.0. The number of benzene rings is 4. The van der Waals surface area contributed by atoms with Crippen LogP contribution in [0.15, 0.2) is 40.1 Å².